The third kappa shape index (κ3) is 4.04. The molecule has 0 bridgehead atoms. The molecule has 0 radical (unpaired) electrons. The first kappa shape index (κ1) is 18.4. The van der Waals surface area contributed by atoms with E-state index in [9.17, 15) is 14.4 Å². The van der Waals surface area contributed by atoms with Crippen molar-refractivity contribution < 1.29 is 14.4 Å². The lowest BCUT2D eigenvalue weighted by molar-refractivity contribution is -0.130. The Morgan fingerprint density at radius 3 is 1.62 bits per heavy atom. The van der Waals surface area contributed by atoms with Crippen molar-refractivity contribution in [3.05, 3.63) is 35.4 Å². The second kappa shape index (κ2) is 7.86. The van der Waals surface area contributed by atoms with E-state index in [0.29, 0.717) is 50.4 Å². The molecule has 7 heteroatoms. The molecule has 1 aromatic carbocycles. The van der Waals surface area contributed by atoms with Gasteiger partial charge < -0.3 is 19.6 Å². The monoisotopic (exact) mass is 358 g/mol. The van der Waals surface area contributed by atoms with Crippen LogP contribution in [0.1, 0.15) is 27.6 Å². The lowest BCUT2D eigenvalue weighted by Crippen LogP contribution is -2.50. The molecule has 0 aliphatic carbocycles. The van der Waals surface area contributed by atoms with Gasteiger partial charge in [-0.2, -0.15) is 0 Å². The largest absolute Gasteiger partial charge is 0.339 e. The van der Waals surface area contributed by atoms with Crippen LogP contribution in [0.2, 0.25) is 0 Å². The van der Waals surface area contributed by atoms with Crippen LogP contribution in [0.15, 0.2) is 24.3 Å². The summed E-state index contributed by atoms with van der Waals surface area (Å²) in [5.41, 5.74) is 1.09. The predicted octanol–water partition coefficient (Wildman–Crippen LogP) is 0.379. The Bertz CT molecular complexity index is 690. The third-order valence-corrected chi connectivity index (χ3v) is 5.16. The highest BCUT2D eigenvalue weighted by Gasteiger charge is 2.25. The molecule has 2 aliphatic heterocycles. The van der Waals surface area contributed by atoms with E-state index < -0.39 is 0 Å². The smallest absolute Gasteiger partial charge is 0.253 e. The van der Waals surface area contributed by atoms with Crippen molar-refractivity contribution >= 4 is 17.7 Å². The molecule has 1 aromatic rings. The Hall–Kier alpha value is -2.41. The van der Waals surface area contributed by atoms with Gasteiger partial charge in [-0.1, -0.05) is 6.07 Å². The fourth-order valence-corrected chi connectivity index (χ4v) is 3.38. The molecular weight excluding hydrogens is 332 g/mol. The maximum atomic E-state index is 12.8. The molecule has 0 unspecified atom stereocenters. The molecule has 140 valence electrons. The Labute approximate surface area is 154 Å². The quantitative estimate of drug-likeness (QED) is 0.767. The third-order valence-electron chi connectivity index (χ3n) is 5.16. The van der Waals surface area contributed by atoms with Crippen LogP contribution in [-0.2, 0) is 4.79 Å². The molecule has 2 fully saturated rings. The molecule has 0 spiro atoms. The maximum absolute atomic E-state index is 12.8. The summed E-state index contributed by atoms with van der Waals surface area (Å²) in [6, 6.07) is 6.98. The number of benzene rings is 1. The molecule has 0 saturated carbocycles. The molecule has 0 N–H and O–H groups in total. The SMILES string of the molecule is CC(=O)N1CCN(C(=O)c2cccc(C(=O)N3CCN(C)CC3)c2)CC1. The average molecular weight is 358 g/mol. The number of amides is 3. The van der Waals surface area contributed by atoms with E-state index in [1.165, 1.54) is 0 Å². The van der Waals surface area contributed by atoms with Crippen molar-refractivity contribution in [1.29, 1.82) is 0 Å². The van der Waals surface area contributed by atoms with Crippen LogP contribution in [0.25, 0.3) is 0 Å². The van der Waals surface area contributed by atoms with Gasteiger partial charge in [0.2, 0.25) is 5.91 Å². The summed E-state index contributed by atoms with van der Waals surface area (Å²) >= 11 is 0. The summed E-state index contributed by atoms with van der Waals surface area (Å²) in [6.07, 6.45) is 0. The van der Waals surface area contributed by atoms with Crippen molar-refractivity contribution in [2.45, 2.75) is 6.92 Å². The topological polar surface area (TPSA) is 64.2 Å². The standard InChI is InChI=1S/C19H26N4O3/c1-15(24)21-10-12-23(13-11-21)19(26)17-5-3-4-16(14-17)18(25)22-8-6-20(2)7-9-22/h3-5,14H,6-13H2,1-2H3. The summed E-state index contributed by atoms with van der Waals surface area (Å²) in [5, 5.41) is 0. The first-order chi connectivity index (χ1) is 12.5. The van der Waals surface area contributed by atoms with E-state index in [1.807, 2.05) is 11.9 Å². The molecule has 2 aliphatic rings. The van der Waals surface area contributed by atoms with Crippen molar-refractivity contribution in [3.63, 3.8) is 0 Å². The Balaban J connectivity index is 1.66. The molecule has 0 aromatic heterocycles. The van der Waals surface area contributed by atoms with Gasteiger partial charge in [0.15, 0.2) is 0 Å². The number of carbonyl (C=O) groups is 3. The number of nitrogens with zero attached hydrogens (tertiary/aromatic N) is 4. The number of hydrogen-bond donors (Lipinski definition) is 0. The van der Waals surface area contributed by atoms with E-state index in [4.69, 9.17) is 0 Å². The van der Waals surface area contributed by atoms with E-state index in [0.717, 1.165) is 13.1 Å². The van der Waals surface area contributed by atoms with E-state index in [2.05, 4.69) is 4.90 Å². The van der Waals surface area contributed by atoms with E-state index >= 15 is 0 Å². The minimum atomic E-state index is -0.0822. The van der Waals surface area contributed by atoms with E-state index in [1.54, 1.807) is 41.0 Å². The summed E-state index contributed by atoms with van der Waals surface area (Å²) in [6.45, 7) is 6.85. The summed E-state index contributed by atoms with van der Waals surface area (Å²) in [7, 11) is 2.05. The number of rotatable bonds is 2. The van der Waals surface area contributed by atoms with Gasteiger partial charge in [-0.25, -0.2) is 0 Å². The normalized spacial score (nSPS) is 18.8. The van der Waals surface area contributed by atoms with Crippen LogP contribution in [0.3, 0.4) is 0 Å². The summed E-state index contributed by atoms with van der Waals surface area (Å²) in [4.78, 5) is 44.4. The van der Waals surface area contributed by atoms with Gasteiger partial charge in [0.1, 0.15) is 0 Å². The van der Waals surface area contributed by atoms with Gasteiger partial charge in [-0.3, -0.25) is 14.4 Å². The van der Waals surface area contributed by atoms with Gasteiger partial charge in [0.05, 0.1) is 0 Å². The van der Waals surface area contributed by atoms with Crippen LogP contribution in [0.4, 0.5) is 0 Å². The zero-order valence-electron chi connectivity index (χ0n) is 15.5. The van der Waals surface area contributed by atoms with Crippen LogP contribution in [-0.4, -0.2) is 96.7 Å². The number of likely N-dealkylation sites (N-methyl/N-ethyl adjacent to an activating group) is 1. The Morgan fingerprint density at radius 2 is 1.15 bits per heavy atom. The number of piperazine rings is 2. The molecule has 0 atom stereocenters. The van der Waals surface area contributed by atoms with Crippen LogP contribution < -0.4 is 0 Å². The zero-order chi connectivity index (χ0) is 18.7. The summed E-state index contributed by atoms with van der Waals surface area (Å²) in [5.74, 6) is -0.0627. The second-order valence-corrected chi connectivity index (χ2v) is 6.97. The first-order valence-electron chi connectivity index (χ1n) is 9.08. The molecule has 3 rings (SSSR count). The predicted molar refractivity (Wildman–Crippen MR) is 98.0 cm³/mol. The molecule has 26 heavy (non-hydrogen) atoms. The van der Waals surface area contributed by atoms with Crippen LogP contribution in [0.5, 0.6) is 0 Å². The molecular formula is C19H26N4O3. The van der Waals surface area contributed by atoms with Gasteiger partial charge in [-0.05, 0) is 25.2 Å². The molecule has 2 heterocycles. The lowest BCUT2D eigenvalue weighted by Gasteiger charge is -2.34. The maximum Gasteiger partial charge on any atom is 0.253 e. The highest BCUT2D eigenvalue weighted by atomic mass is 16.2. The van der Waals surface area contributed by atoms with Gasteiger partial charge in [0, 0.05) is 70.4 Å². The minimum absolute atomic E-state index is 0.0193. The van der Waals surface area contributed by atoms with Crippen molar-refractivity contribution in [1.82, 2.24) is 19.6 Å². The van der Waals surface area contributed by atoms with Crippen molar-refractivity contribution in [2.24, 2.45) is 0 Å². The van der Waals surface area contributed by atoms with Crippen LogP contribution in [0, 0.1) is 0 Å². The molecule has 2 saturated heterocycles. The van der Waals surface area contributed by atoms with Gasteiger partial charge in [-0.15, -0.1) is 0 Å². The highest BCUT2D eigenvalue weighted by molar-refractivity contribution is 5.99. The number of carbonyl (C=O) groups excluding carboxylic acids is 3. The Morgan fingerprint density at radius 1 is 0.731 bits per heavy atom. The Kier molecular flexibility index (Phi) is 5.56. The van der Waals surface area contributed by atoms with Crippen LogP contribution >= 0.6 is 0 Å². The summed E-state index contributed by atoms with van der Waals surface area (Å²) < 4.78 is 0. The molecule has 3 amide bonds. The highest BCUT2D eigenvalue weighted by Crippen LogP contribution is 2.14. The fourth-order valence-electron chi connectivity index (χ4n) is 3.38. The first-order valence-corrected chi connectivity index (χ1v) is 9.08. The zero-order valence-corrected chi connectivity index (χ0v) is 15.5. The minimum Gasteiger partial charge on any atom is -0.339 e. The lowest BCUT2D eigenvalue weighted by atomic mass is 10.1. The second-order valence-electron chi connectivity index (χ2n) is 6.97. The molecule has 7 nitrogen and oxygen atoms in total. The van der Waals surface area contributed by atoms with Gasteiger partial charge in [0.25, 0.3) is 11.8 Å². The number of hydrogen-bond acceptors (Lipinski definition) is 4. The average Bonchev–Trinajstić information content (AvgIpc) is 2.67. The van der Waals surface area contributed by atoms with Gasteiger partial charge >= 0.3 is 0 Å². The van der Waals surface area contributed by atoms with Crippen molar-refractivity contribution in [2.75, 3.05) is 59.4 Å². The van der Waals surface area contributed by atoms with Crippen molar-refractivity contribution in [3.8, 4) is 0 Å². The fraction of sp³-hybridized carbons (Fsp3) is 0.526. The van der Waals surface area contributed by atoms with E-state index in [-0.39, 0.29) is 17.7 Å².